The lowest BCUT2D eigenvalue weighted by atomic mass is 9.77. The third-order valence-electron chi connectivity index (χ3n) is 2.17. The molecule has 2 heteroatoms. The Hall–Kier alpha value is -0.0800. The molecular weight excluding hydrogens is 162 g/mol. The highest BCUT2D eigenvalue weighted by molar-refractivity contribution is 4.94. The first-order chi connectivity index (χ1) is 6.33. The summed E-state index contributed by atoms with van der Waals surface area (Å²) < 4.78 is 0. The zero-order valence-electron chi connectivity index (χ0n) is 9.98. The van der Waals surface area contributed by atoms with Gasteiger partial charge in [-0.05, 0) is 25.8 Å². The molecule has 0 aromatic rings. The first kappa shape index (κ1) is 15.4. The number of nitrogens with one attached hydrogen (secondary N) is 1. The number of likely N-dealkylation sites (N-methyl/N-ethyl adjacent to an activating group) is 1. The van der Waals surface area contributed by atoms with Gasteiger partial charge >= 0.3 is 0 Å². The Balaban J connectivity index is 0. The average molecular weight is 189 g/mol. The van der Waals surface area contributed by atoms with Crippen molar-refractivity contribution in [1.82, 2.24) is 5.32 Å². The summed E-state index contributed by atoms with van der Waals surface area (Å²) in [5.41, 5.74) is 0.120. The van der Waals surface area contributed by atoms with Crippen LogP contribution in [0.2, 0.25) is 0 Å². The quantitative estimate of drug-likeness (QED) is 0.715. The van der Waals surface area contributed by atoms with E-state index in [2.05, 4.69) is 12.2 Å². The van der Waals surface area contributed by atoms with Gasteiger partial charge in [-0.3, -0.25) is 0 Å². The van der Waals surface area contributed by atoms with Crippen LogP contribution in [0.4, 0.5) is 0 Å². The summed E-state index contributed by atoms with van der Waals surface area (Å²) in [7, 11) is 0. The van der Waals surface area contributed by atoms with Crippen LogP contribution in [0.1, 0.15) is 53.9 Å². The van der Waals surface area contributed by atoms with Gasteiger partial charge in [0.1, 0.15) is 0 Å². The molecule has 0 bridgehead atoms. The van der Waals surface area contributed by atoms with Gasteiger partial charge in [0.25, 0.3) is 0 Å². The number of rotatable bonds is 3. The van der Waals surface area contributed by atoms with Crippen LogP contribution in [0.15, 0.2) is 0 Å². The maximum Gasteiger partial charge on any atom is 0.0613 e. The fourth-order valence-electron chi connectivity index (χ4n) is 1.37. The van der Waals surface area contributed by atoms with Crippen molar-refractivity contribution in [2.24, 2.45) is 0 Å². The Kier molecular flexibility index (Phi) is 11.8. The zero-order chi connectivity index (χ0) is 10.7. The Morgan fingerprint density at radius 3 is 1.69 bits per heavy atom. The molecule has 0 heterocycles. The average Bonchev–Trinajstić information content (AvgIpc) is 2.18. The highest BCUT2D eigenvalue weighted by Crippen LogP contribution is 2.30. The van der Waals surface area contributed by atoms with Gasteiger partial charge in [0.05, 0.1) is 6.61 Å². The molecule has 0 aliphatic heterocycles. The van der Waals surface area contributed by atoms with Gasteiger partial charge < -0.3 is 10.4 Å². The number of aliphatic hydroxyl groups excluding tert-OH is 1. The van der Waals surface area contributed by atoms with Crippen molar-refractivity contribution in [3.8, 4) is 0 Å². The van der Waals surface area contributed by atoms with Gasteiger partial charge in [0, 0.05) is 5.54 Å². The van der Waals surface area contributed by atoms with E-state index in [-0.39, 0.29) is 5.54 Å². The van der Waals surface area contributed by atoms with Crippen LogP contribution >= 0.6 is 0 Å². The SMILES string of the molecule is CC.CC.CCNC1(CO)CCC1. The van der Waals surface area contributed by atoms with Crippen LogP contribution in [-0.4, -0.2) is 23.8 Å². The molecule has 2 nitrogen and oxygen atoms in total. The third-order valence-corrected chi connectivity index (χ3v) is 2.17. The van der Waals surface area contributed by atoms with Gasteiger partial charge in [-0.1, -0.05) is 34.6 Å². The van der Waals surface area contributed by atoms with Crippen molar-refractivity contribution in [3.63, 3.8) is 0 Å². The maximum atomic E-state index is 8.91. The van der Waals surface area contributed by atoms with Gasteiger partial charge in [-0.2, -0.15) is 0 Å². The molecule has 0 saturated heterocycles. The molecule has 0 radical (unpaired) electrons. The van der Waals surface area contributed by atoms with E-state index in [1.165, 1.54) is 6.42 Å². The van der Waals surface area contributed by atoms with Crippen LogP contribution < -0.4 is 5.32 Å². The van der Waals surface area contributed by atoms with Crippen molar-refractivity contribution < 1.29 is 5.11 Å². The van der Waals surface area contributed by atoms with Gasteiger partial charge in [0.2, 0.25) is 0 Å². The van der Waals surface area contributed by atoms with E-state index >= 15 is 0 Å². The highest BCUT2D eigenvalue weighted by Gasteiger charge is 2.34. The van der Waals surface area contributed by atoms with E-state index in [0.717, 1.165) is 19.4 Å². The van der Waals surface area contributed by atoms with Crippen LogP contribution in [-0.2, 0) is 0 Å². The molecule has 82 valence electrons. The van der Waals surface area contributed by atoms with Crippen molar-refractivity contribution in [3.05, 3.63) is 0 Å². The normalized spacial score (nSPS) is 17.1. The molecular formula is C11H27NO. The molecule has 1 aliphatic carbocycles. The van der Waals surface area contributed by atoms with Gasteiger partial charge in [-0.15, -0.1) is 0 Å². The smallest absolute Gasteiger partial charge is 0.0613 e. The van der Waals surface area contributed by atoms with E-state index in [9.17, 15) is 0 Å². The molecule has 0 amide bonds. The molecule has 1 rings (SSSR count). The standard InChI is InChI=1S/C7H15NO.2C2H6/c1-2-8-7(6-9)4-3-5-7;2*1-2/h8-9H,2-6H2,1H3;2*1-2H3. The minimum atomic E-state index is 0.120. The van der Waals surface area contributed by atoms with Crippen molar-refractivity contribution in [2.75, 3.05) is 13.2 Å². The van der Waals surface area contributed by atoms with Gasteiger partial charge in [0.15, 0.2) is 0 Å². The largest absolute Gasteiger partial charge is 0.394 e. The highest BCUT2D eigenvalue weighted by atomic mass is 16.3. The fraction of sp³-hybridized carbons (Fsp3) is 1.00. The minimum Gasteiger partial charge on any atom is -0.394 e. The van der Waals surface area contributed by atoms with Crippen LogP contribution in [0.25, 0.3) is 0 Å². The van der Waals surface area contributed by atoms with E-state index in [1.54, 1.807) is 0 Å². The van der Waals surface area contributed by atoms with Crippen LogP contribution in [0, 0.1) is 0 Å². The predicted octanol–water partition coefficient (Wildman–Crippen LogP) is 2.56. The Morgan fingerprint density at radius 1 is 1.15 bits per heavy atom. The lowest BCUT2D eigenvalue weighted by Crippen LogP contribution is -2.53. The fourth-order valence-corrected chi connectivity index (χ4v) is 1.37. The summed E-state index contributed by atoms with van der Waals surface area (Å²) in [6.07, 6.45) is 3.57. The first-order valence-corrected chi connectivity index (χ1v) is 5.69. The second-order valence-electron chi connectivity index (χ2n) is 2.82. The molecule has 0 atom stereocenters. The zero-order valence-corrected chi connectivity index (χ0v) is 9.98. The van der Waals surface area contributed by atoms with Crippen LogP contribution in [0.3, 0.4) is 0 Å². The number of hydrogen-bond donors (Lipinski definition) is 2. The summed E-state index contributed by atoms with van der Waals surface area (Å²) in [6, 6.07) is 0. The predicted molar refractivity (Wildman–Crippen MR) is 60.0 cm³/mol. The molecule has 2 N–H and O–H groups in total. The summed E-state index contributed by atoms with van der Waals surface area (Å²) in [6.45, 7) is 11.4. The molecule has 0 aromatic heterocycles. The lowest BCUT2D eigenvalue weighted by Gasteiger charge is -2.40. The Morgan fingerprint density at radius 2 is 1.62 bits per heavy atom. The first-order valence-electron chi connectivity index (χ1n) is 5.69. The third kappa shape index (κ3) is 5.27. The van der Waals surface area contributed by atoms with E-state index in [1.807, 2.05) is 27.7 Å². The van der Waals surface area contributed by atoms with Crippen molar-refractivity contribution in [1.29, 1.82) is 0 Å². The van der Waals surface area contributed by atoms with Crippen molar-refractivity contribution >= 4 is 0 Å². The lowest BCUT2D eigenvalue weighted by molar-refractivity contribution is 0.0908. The molecule has 13 heavy (non-hydrogen) atoms. The Bertz CT molecular complexity index is 84.6. The molecule has 0 aromatic carbocycles. The van der Waals surface area contributed by atoms with E-state index in [4.69, 9.17) is 5.11 Å². The molecule has 0 spiro atoms. The minimum absolute atomic E-state index is 0.120. The number of hydrogen-bond acceptors (Lipinski definition) is 2. The molecule has 0 unspecified atom stereocenters. The maximum absolute atomic E-state index is 8.91. The van der Waals surface area contributed by atoms with Crippen molar-refractivity contribution in [2.45, 2.75) is 59.4 Å². The molecule has 1 saturated carbocycles. The summed E-state index contributed by atoms with van der Waals surface area (Å²) in [5.74, 6) is 0. The molecule has 1 aliphatic rings. The van der Waals surface area contributed by atoms with E-state index < -0.39 is 0 Å². The monoisotopic (exact) mass is 189 g/mol. The Labute approximate surface area is 83.7 Å². The summed E-state index contributed by atoms with van der Waals surface area (Å²) in [5, 5.41) is 12.2. The number of aliphatic hydroxyl groups is 1. The van der Waals surface area contributed by atoms with Crippen LogP contribution in [0.5, 0.6) is 0 Å². The summed E-state index contributed by atoms with van der Waals surface area (Å²) in [4.78, 5) is 0. The molecule has 1 fully saturated rings. The summed E-state index contributed by atoms with van der Waals surface area (Å²) >= 11 is 0. The second-order valence-corrected chi connectivity index (χ2v) is 2.82. The topological polar surface area (TPSA) is 32.3 Å². The van der Waals surface area contributed by atoms with E-state index in [0.29, 0.717) is 6.61 Å². The second kappa shape index (κ2) is 10.0. The van der Waals surface area contributed by atoms with Gasteiger partial charge in [-0.25, -0.2) is 0 Å².